The average Bonchev–Trinajstić information content (AvgIpc) is 3.52. The monoisotopic (exact) mass is 443 g/mol. The van der Waals surface area contributed by atoms with Gasteiger partial charge in [0.15, 0.2) is 11.5 Å². The summed E-state index contributed by atoms with van der Waals surface area (Å²) in [6.45, 7) is 5.66. The van der Waals surface area contributed by atoms with Crippen LogP contribution in [0.3, 0.4) is 0 Å². The lowest BCUT2D eigenvalue weighted by Crippen LogP contribution is -2.25. The number of amides is 1. The Labute approximate surface area is 193 Å². The van der Waals surface area contributed by atoms with Crippen LogP contribution in [0.5, 0.6) is 0 Å². The minimum atomic E-state index is -0.00881. The van der Waals surface area contributed by atoms with Crippen LogP contribution in [-0.2, 0) is 4.74 Å². The van der Waals surface area contributed by atoms with Gasteiger partial charge in [-0.25, -0.2) is 9.97 Å². The molecule has 7 heteroatoms. The van der Waals surface area contributed by atoms with Crippen LogP contribution in [-0.4, -0.2) is 46.6 Å². The standard InChI is InChI=1S/C26H29N5O2/c1-16-13-21-22(14-17(16)2)31-23(15-28-25(31)24(30-21)27-11-4-12-33-3)18-5-7-19(8-6-18)26(32)29-20-9-10-20/h5-8,13-15,20H,4,9-12H2,1-3H3,(H,27,30)(H,29,32). The van der Waals surface area contributed by atoms with E-state index in [2.05, 4.69) is 41.0 Å². The number of rotatable bonds is 8. The van der Waals surface area contributed by atoms with Crippen LogP contribution in [0.1, 0.15) is 40.7 Å². The number of carbonyl (C=O) groups excluding carboxylic acids is 1. The molecule has 0 bridgehead atoms. The Kier molecular flexibility index (Phi) is 5.72. The molecule has 0 radical (unpaired) electrons. The van der Waals surface area contributed by atoms with Gasteiger partial charge >= 0.3 is 0 Å². The van der Waals surface area contributed by atoms with Gasteiger partial charge in [0.1, 0.15) is 0 Å². The molecule has 0 aliphatic heterocycles. The second-order valence-corrected chi connectivity index (χ2v) is 8.79. The fraction of sp³-hybridized carbons (Fsp3) is 0.346. The second kappa shape index (κ2) is 8.83. The first-order chi connectivity index (χ1) is 16.0. The van der Waals surface area contributed by atoms with Gasteiger partial charge in [0, 0.05) is 37.4 Å². The van der Waals surface area contributed by atoms with Crippen molar-refractivity contribution in [2.75, 3.05) is 25.6 Å². The average molecular weight is 444 g/mol. The van der Waals surface area contributed by atoms with Crippen molar-refractivity contribution in [2.45, 2.75) is 39.2 Å². The van der Waals surface area contributed by atoms with E-state index in [0.717, 1.165) is 59.6 Å². The lowest BCUT2D eigenvalue weighted by molar-refractivity contribution is 0.0951. The van der Waals surface area contributed by atoms with Crippen LogP contribution in [0.15, 0.2) is 42.6 Å². The predicted molar refractivity (Wildman–Crippen MR) is 131 cm³/mol. The largest absolute Gasteiger partial charge is 0.385 e. The van der Waals surface area contributed by atoms with E-state index in [0.29, 0.717) is 18.2 Å². The quantitative estimate of drug-likeness (QED) is 0.392. The Morgan fingerprint density at radius 2 is 1.91 bits per heavy atom. The van der Waals surface area contributed by atoms with Crippen LogP contribution in [0.2, 0.25) is 0 Å². The lowest BCUT2D eigenvalue weighted by atomic mass is 10.1. The van der Waals surface area contributed by atoms with Crippen molar-refractivity contribution < 1.29 is 9.53 Å². The number of methoxy groups -OCH3 is 1. The maximum atomic E-state index is 12.4. The molecular weight excluding hydrogens is 414 g/mol. The molecule has 0 unspecified atom stereocenters. The van der Waals surface area contributed by atoms with Crippen LogP contribution in [0.4, 0.5) is 5.82 Å². The number of fused-ring (bicyclic) bond motifs is 3. The van der Waals surface area contributed by atoms with E-state index in [1.807, 2.05) is 30.5 Å². The molecule has 2 aromatic carbocycles. The van der Waals surface area contributed by atoms with Crippen LogP contribution >= 0.6 is 0 Å². The van der Waals surface area contributed by atoms with Crippen molar-refractivity contribution in [3.05, 3.63) is 59.3 Å². The molecule has 7 nitrogen and oxygen atoms in total. The van der Waals surface area contributed by atoms with E-state index < -0.39 is 0 Å². The maximum absolute atomic E-state index is 12.4. The number of ether oxygens (including phenoxy) is 1. The van der Waals surface area contributed by atoms with Gasteiger partial charge in [-0.3, -0.25) is 9.20 Å². The summed E-state index contributed by atoms with van der Waals surface area (Å²) in [6, 6.07) is 12.4. The molecule has 0 saturated heterocycles. The molecule has 2 N–H and O–H groups in total. The van der Waals surface area contributed by atoms with E-state index in [9.17, 15) is 4.79 Å². The third-order valence-electron chi connectivity index (χ3n) is 6.21. The van der Waals surface area contributed by atoms with Crippen molar-refractivity contribution in [3.63, 3.8) is 0 Å². The van der Waals surface area contributed by atoms with Crippen molar-refractivity contribution in [3.8, 4) is 11.3 Å². The topological polar surface area (TPSA) is 80.5 Å². The minimum absolute atomic E-state index is 0.00881. The third kappa shape index (κ3) is 4.28. The highest BCUT2D eigenvalue weighted by Gasteiger charge is 2.24. The Morgan fingerprint density at radius 1 is 1.15 bits per heavy atom. The molecule has 0 spiro atoms. The number of benzene rings is 2. The second-order valence-electron chi connectivity index (χ2n) is 8.79. The zero-order chi connectivity index (χ0) is 22.9. The van der Waals surface area contributed by atoms with Crippen LogP contribution < -0.4 is 10.6 Å². The zero-order valence-electron chi connectivity index (χ0n) is 19.3. The molecule has 1 saturated carbocycles. The number of hydrogen-bond acceptors (Lipinski definition) is 5. The first-order valence-corrected chi connectivity index (χ1v) is 11.5. The van der Waals surface area contributed by atoms with Gasteiger partial charge in [0.25, 0.3) is 5.91 Å². The molecule has 1 fully saturated rings. The number of carbonyl (C=O) groups is 1. The van der Waals surface area contributed by atoms with E-state index >= 15 is 0 Å². The fourth-order valence-corrected chi connectivity index (χ4v) is 4.02. The highest BCUT2D eigenvalue weighted by molar-refractivity contribution is 5.95. The summed E-state index contributed by atoms with van der Waals surface area (Å²) in [7, 11) is 1.71. The van der Waals surface area contributed by atoms with Crippen molar-refractivity contribution in [1.29, 1.82) is 0 Å². The first-order valence-electron chi connectivity index (χ1n) is 11.5. The van der Waals surface area contributed by atoms with Crippen molar-refractivity contribution in [1.82, 2.24) is 19.7 Å². The molecule has 1 aliphatic rings. The van der Waals surface area contributed by atoms with Gasteiger partial charge in [-0.05, 0) is 68.5 Å². The smallest absolute Gasteiger partial charge is 0.251 e. The Bertz CT molecular complexity index is 1320. The summed E-state index contributed by atoms with van der Waals surface area (Å²) >= 11 is 0. The summed E-state index contributed by atoms with van der Waals surface area (Å²) in [5.74, 6) is 0.749. The Balaban J connectivity index is 1.58. The van der Waals surface area contributed by atoms with Crippen molar-refractivity contribution in [2.24, 2.45) is 0 Å². The van der Waals surface area contributed by atoms with Gasteiger partial charge < -0.3 is 15.4 Å². The maximum Gasteiger partial charge on any atom is 0.251 e. The van der Waals surface area contributed by atoms with E-state index in [1.54, 1.807) is 7.11 Å². The molecule has 170 valence electrons. The number of anilines is 1. The Morgan fingerprint density at radius 3 is 2.64 bits per heavy atom. The summed E-state index contributed by atoms with van der Waals surface area (Å²) < 4.78 is 7.33. The number of nitrogens with one attached hydrogen (secondary N) is 2. The SMILES string of the molecule is COCCCNc1nc2cc(C)c(C)cc2n2c(-c3ccc(C(=O)NC4CC4)cc3)cnc12. The van der Waals surface area contributed by atoms with E-state index in [-0.39, 0.29) is 5.91 Å². The van der Waals surface area contributed by atoms with Gasteiger partial charge in [0.2, 0.25) is 0 Å². The highest BCUT2D eigenvalue weighted by Crippen LogP contribution is 2.30. The van der Waals surface area contributed by atoms with Gasteiger partial charge in [-0.2, -0.15) is 0 Å². The predicted octanol–water partition coefficient (Wildman–Crippen LogP) is 4.51. The summed E-state index contributed by atoms with van der Waals surface area (Å²) in [5.41, 5.74) is 7.77. The number of nitrogens with zero attached hydrogens (tertiary/aromatic N) is 3. The summed E-state index contributed by atoms with van der Waals surface area (Å²) in [6.07, 6.45) is 4.92. The molecule has 1 amide bonds. The summed E-state index contributed by atoms with van der Waals surface area (Å²) in [5, 5.41) is 6.48. The number of aromatic nitrogens is 3. The van der Waals surface area contributed by atoms with Crippen molar-refractivity contribution >= 4 is 28.4 Å². The zero-order valence-corrected chi connectivity index (χ0v) is 19.3. The normalized spacial score (nSPS) is 13.5. The fourth-order valence-electron chi connectivity index (χ4n) is 4.02. The molecule has 33 heavy (non-hydrogen) atoms. The molecule has 4 aromatic rings. The molecule has 2 heterocycles. The van der Waals surface area contributed by atoms with Crippen LogP contribution in [0, 0.1) is 13.8 Å². The lowest BCUT2D eigenvalue weighted by Gasteiger charge is -2.13. The number of hydrogen-bond donors (Lipinski definition) is 2. The highest BCUT2D eigenvalue weighted by atomic mass is 16.5. The first kappa shape index (κ1) is 21.4. The molecule has 5 rings (SSSR count). The van der Waals surface area contributed by atoms with E-state index in [1.165, 1.54) is 11.1 Å². The van der Waals surface area contributed by atoms with Gasteiger partial charge in [-0.15, -0.1) is 0 Å². The summed E-state index contributed by atoms with van der Waals surface area (Å²) in [4.78, 5) is 22.0. The molecule has 1 aliphatic carbocycles. The Hall–Kier alpha value is -3.45. The van der Waals surface area contributed by atoms with E-state index in [4.69, 9.17) is 14.7 Å². The number of imidazole rings is 1. The third-order valence-corrected chi connectivity index (χ3v) is 6.21. The molecular formula is C26H29N5O2. The van der Waals surface area contributed by atoms with Gasteiger partial charge in [0.05, 0.1) is 22.9 Å². The molecule has 2 aromatic heterocycles. The molecule has 0 atom stereocenters. The minimum Gasteiger partial charge on any atom is -0.385 e. The number of aryl methyl sites for hydroxylation is 2. The van der Waals surface area contributed by atoms with Gasteiger partial charge in [-0.1, -0.05) is 12.1 Å². The van der Waals surface area contributed by atoms with Crippen LogP contribution in [0.25, 0.3) is 27.9 Å².